The number of carbonyl (C=O) groups excluding carboxylic acids is 1. The lowest BCUT2D eigenvalue weighted by molar-refractivity contribution is 0.0922. The summed E-state index contributed by atoms with van der Waals surface area (Å²) in [5.74, 6) is -0.276. The first-order valence-electron chi connectivity index (χ1n) is 8.55. The van der Waals surface area contributed by atoms with Crippen LogP contribution in [0.3, 0.4) is 0 Å². The fourth-order valence-electron chi connectivity index (χ4n) is 3.88. The highest BCUT2D eigenvalue weighted by molar-refractivity contribution is 5.94. The maximum atomic E-state index is 12.5. The van der Waals surface area contributed by atoms with E-state index in [0.717, 1.165) is 24.1 Å². The molecule has 3 heterocycles. The van der Waals surface area contributed by atoms with Gasteiger partial charge in [0.2, 0.25) is 0 Å². The Morgan fingerprint density at radius 1 is 1.00 bits per heavy atom. The van der Waals surface area contributed by atoms with Crippen molar-refractivity contribution in [2.75, 3.05) is 0 Å². The summed E-state index contributed by atoms with van der Waals surface area (Å²) in [6.07, 6.45) is 4.26. The lowest BCUT2D eigenvalue weighted by atomic mass is 9.99. The first-order valence-corrected chi connectivity index (χ1v) is 8.55. The minimum atomic E-state index is -0.342. The summed E-state index contributed by atoms with van der Waals surface area (Å²) in [5.41, 5.74) is 1.49. The van der Waals surface area contributed by atoms with Gasteiger partial charge in [0.25, 0.3) is 11.5 Å². The number of amides is 1. The van der Waals surface area contributed by atoms with Crippen molar-refractivity contribution in [3.8, 4) is 11.3 Å². The van der Waals surface area contributed by atoms with Gasteiger partial charge in [0.05, 0.1) is 0 Å². The molecule has 6 heteroatoms. The Morgan fingerprint density at radius 2 is 1.68 bits per heavy atom. The number of nitrogens with one attached hydrogen (secondary N) is 3. The molecule has 2 unspecified atom stereocenters. The first kappa shape index (κ1) is 17.7. The molecule has 5 nitrogen and oxygen atoms in total. The second kappa shape index (κ2) is 7.42. The van der Waals surface area contributed by atoms with E-state index in [2.05, 4.69) is 15.6 Å². The number of aromatic nitrogens is 1. The van der Waals surface area contributed by atoms with Gasteiger partial charge in [-0.2, -0.15) is 0 Å². The summed E-state index contributed by atoms with van der Waals surface area (Å²) in [5, 5.41) is 6.59. The molecular weight excluding hydrogens is 338 g/mol. The van der Waals surface area contributed by atoms with Gasteiger partial charge >= 0.3 is 0 Å². The highest BCUT2D eigenvalue weighted by atomic mass is 35.5. The van der Waals surface area contributed by atoms with Crippen LogP contribution in [-0.2, 0) is 0 Å². The maximum absolute atomic E-state index is 12.5. The van der Waals surface area contributed by atoms with E-state index in [-0.39, 0.29) is 35.5 Å². The third-order valence-corrected chi connectivity index (χ3v) is 5.05. The lowest BCUT2D eigenvalue weighted by Gasteiger charge is -2.29. The Hall–Kier alpha value is -2.11. The quantitative estimate of drug-likeness (QED) is 0.788. The number of hydrogen-bond donors (Lipinski definition) is 3. The number of halogens is 1. The number of H-pyrrole nitrogens is 1. The maximum Gasteiger partial charge on any atom is 0.261 e. The van der Waals surface area contributed by atoms with Crippen LogP contribution in [0.2, 0.25) is 0 Å². The second-order valence-electron chi connectivity index (χ2n) is 6.76. The average Bonchev–Trinajstić information content (AvgIpc) is 2.94. The van der Waals surface area contributed by atoms with Gasteiger partial charge < -0.3 is 15.6 Å². The smallest absolute Gasteiger partial charge is 0.261 e. The van der Waals surface area contributed by atoms with E-state index in [4.69, 9.17) is 0 Å². The molecule has 2 aliphatic rings. The monoisotopic (exact) mass is 359 g/mol. The fourth-order valence-corrected chi connectivity index (χ4v) is 3.88. The fraction of sp³-hybridized carbons (Fsp3) is 0.368. The van der Waals surface area contributed by atoms with Crippen molar-refractivity contribution < 1.29 is 4.79 Å². The molecule has 1 amide bonds. The van der Waals surface area contributed by atoms with E-state index in [0.29, 0.717) is 12.1 Å². The average molecular weight is 360 g/mol. The number of piperidine rings is 1. The highest BCUT2D eigenvalue weighted by Gasteiger charge is 2.34. The molecule has 132 valence electrons. The SMILES string of the molecule is Cl.O=C(NC1CC2CCC(C1)N2)c1ccc(-c2ccccc2)[nH]c1=O. The predicted molar refractivity (Wildman–Crippen MR) is 100 cm³/mol. The van der Waals surface area contributed by atoms with E-state index < -0.39 is 0 Å². The number of hydrogen-bond acceptors (Lipinski definition) is 3. The van der Waals surface area contributed by atoms with Crippen molar-refractivity contribution in [1.82, 2.24) is 15.6 Å². The van der Waals surface area contributed by atoms with Crippen LogP contribution in [0.25, 0.3) is 11.3 Å². The van der Waals surface area contributed by atoms with Crippen molar-refractivity contribution in [1.29, 1.82) is 0 Å². The Labute approximate surface area is 152 Å². The van der Waals surface area contributed by atoms with Crippen LogP contribution in [0.4, 0.5) is 0 Å². The van der Waals surface area contributed by atoms with Crippen LogP contribution >= 0.6 is 12.4 Å². The third kappa shape index (κ3) is 3.78. The molecule has 4 rings (SSSR count). The van der Waals surface area contributed by atoms with Crippen molar-refractivity contribution in [3.05, 3.63) is 58.4 Å². The standard InChI is InChI=1S/C19H21N3O2.ClH/c23-18(21-15-10-13-6-7-14(11-15)20-13)16-8-9-17(22-19(16)24)12-4-2-1-3-5-12;/h1-5,8-9,13-15,20H,6-7,10-11H2,(H,21,23)(H,22,24);1H. The normalized spacial score (nSPS) is 24.4. The summed E-state index contributed by atoms with van der Waals surface area (Å²) >= 11 is 0. The Balaban J connectivity index is 0.00000182. The molecule has 0 saturated carbocycles. The second-order valence-corrected chi connectivity index (χ2v) is 6.76. The molecule has 2 aliphatic heterocycles. The third-order valence-electron chi connectivity index (χ3n) is 5.05. The first-order chi connectivity index (χ1) is 11.7. The van der Waals surface area contributed by atoms with E-state index >= 15 is 0 Å². The number of pyridine rings is 1. The molecule has 2 bridgehead atoms. The van der Waals surface area contributed by atoms with Gasteiger partial charge in [-0.25, -0.2) is 0 Å². The van der Waals surface area contributed by atoms with Crippen LogP contribution in [0.1, 0.15) is 36.0 Å². The van der Waals surface area contributed by atoms with E-state index in [1.165, 1.54) is 12.8 Å². The highest BCUT2D eigenvalue weighted by Crippen LogP contribution is 2.26. The molecule has 0 radical (unpaired) electrons. The zero-order chi connectivity index (χ0) is 16.5. The molecule has 2 atom stereocenters. The molecule has 3 N–H and O–H groups in total. The van der Waals surface area contributed by atoms with Gasteiger partial charge in [0.15, 0.2) is 0 Å². The van der Waals surface area contributed by atoms with E-state index in [1.807, 2.05) is 30.3 Å². The van der Waals surface area contributed by atoms with E-state index in [1.54, 1.807) is 12.1 Å². The van der Waals surface area contributed by atoms with E-state index in [9.17, 15) is 9.59 Å². The number of aromatic amines is 1. The van der Waals surface area contributed by atoms with Crippen molar-refractivity contribution >= 4 is 18.3 Å². The number of rotatable bonds is 3. The predicted octanol–water partition coefficient (Wildman–Crippen LogP) is 2.48. The van der Waals surface area contributed by atoms with Gasteiger partial charge in [-0.05, 0) is 43.4 Å². The largest absolute Gasteiger partial charge is 0.349 e. The van der Waals surface area contributed by atoms with Crippen LogP contribution in [0, 0.1) is 0 Å². The molecule has 25 heavy (non-hydrogen) atoms. The minimum Gasteiger partial charge on any atom is -0.349 e. The number of fused-ring (bicyclic) bond motifs is 2. The van der Waals surface area contributed by atoms with Gasteiger partial charge in [0, 0.05) is 23.8 Å². The van der Waals surface area contributed by atoms with Crippen LogP contribution in [-0.4, -0.2) is 29.0 Å². The van der Waals surface area contributed by atoms with Crippen molar-refractivity contribution in [2.24, 2.45) is 0 Å². The topological polar surface area (TPSA) is 74.0 Å². The summed E-state index contributed by atoms with van der Waals surface area (Å²) in [7, 11) is 0. The van der Waals surface area contributed by atoms with Crippen molar-refractivity contribution in [2.45, 2.75) is 43.8 Å². The molecule has 1 aromatic carbocycles. The van der Waals surface area contributed by atoms with Gasteiger partial charge in [-0.1, -0.05) is 30.3 Å². The molecule has 0 spiro atoms. The van der Waals surface area contributed by atoms with Crippen LogP contribution < -0.4 is 16.2 Å². The Kier molecular flexibility index (Phi) is 5.25. The molecule has 2 fully saturated rings. The minimum absolute atomic E-state index is 0. The Bertz CT molecular complexity index is 794. The molecular formula is C19H22ClN3O2. The summed E-state index contributed by atoms with van der Waals surface area (Å²) < 4.78 is 0. The van der Waals surface area contributed by atoms with Crippen LogP contribution in [0.15, 0.2) is 47.3 Å². The van der Waals surface area contributed by atoms with Gasteiger partial charge in [-0.15, -0.1) is 12.4 Å². The zero-order valence-corrected chi connectivity index (χ0v) is 14.6. The van der Waals surface area contributed by atoms with Crippen LogP contribution in [0.5, 0.6) is 0 Å². The van der Waals surface area contributed by atoms with Crippen molar-refractivity contribution in [3.63, 3.8) is 0 Å². The Morgan fingerprint density at radius 3 is 2.32 bits per heavy atom. The molecule has 1 aromatic heterocycles. The molecule has 2 saturated heterocycles. The summed E-state index contributed by atoms with van der Waals surface area (Å²) in [6, 6.07) is 14.2. The molecule has 2 aromatic rings. The van der Waals surface area contributed by atoms with Gasteiger partial charge in [0.1, 0.15) is 5.56 Å². The summed E-state index contributed by atoms with van der Waals surface area (Å²) in [6.45, 7) is 0. The lowest BCUT2D eigenvalue weighted by Crippen LogP contribution is -2.48. The zero-order valence-electron chi connectivity index (χ0n) is 13.8. The van der Waals surface area contributed by atoms with Gasteiger partial charge in [-0.3, -0.25) is 9.59 Å². The number of carbonyl (C=O) groups is 1. The summed E-state index contributed by atoms with van der Waals surface area (Å²) in [4.78, 5) is 27.6. The number of benzene rings is 1. The molecule has 0 aliphatic carbocycles.